The lowest BCUT2D eigenvalue weighted by atomic mass is 10.3. The first-order valence-corrected chi connectivity index (χ1v) is 4.81. The molecule has 0 spiro atoms. The Bertz CT molecular complexity index is 222. The van der Waals surface area contributed by atoms with Crippen LogP contribution in [0.3, 0.4) is 0 Å². The lowest BCUT2D eigenvalue weighted by Crippen LogP contribution is -2.03. The number of anilines is 1. The fraction of sp³-hybridized carbons (Fsp3) is 0.714. The molecule has 4 heteroatoms. The highest BCUT2D eigenvalue weighted by molar-refractivity contribution is 7.13. The number of nitrogens with zero attached hydrogens (tertiary/aromatic N) is 2. The van der Waals surface area contributed by atoms with Gasteiger partial charge in [-0.3, -0.25) is 0 Å². The zero-order chi connectivity index (χ0) is 7.68. The smallest absolute Gasteiger partial charge is 0.205 e. The molecule has 1 fully saturated rings. The molecule has 1 saturated carbocycles. The summed E-state index contributed by atoms with van der Waals surface area (Å²) >= 11 is 1.57. The van der Waals surface area contributed by atoms with Gasteiger partial charge < -0.3 is 5.32 Å². The van der Waals surface area contributed by atoms with E-state index in [2.05, 4.69) is 22.4 Å². The van der Waals surface area contributed by atoms with Gasteiger partial charge in [0, 0.05) is 6.04 Å². The predicted octanol–water partition coefficient (Wildman–Crippen LogP) is 1.75. The molecule has 1 aromatic heterocycles. The third-order valence-electron chi connectivity index (χ3n) is 2.12. The highest BCUT2D eigenvalue weighted by Gasteiger charge is 2.35. The summed E-state index contributed by atoms with van der Waals surface area (Å²) in [7, 11) is 0. The van der Waals surface area contributed by atoms with E-state index in [0.717, 1.165) is 11.0 Å². The van der Waals surface area contributed by atoms with Gasteiger partial charge >= 0.3 is 0 Å². The van der Waals surface area contributed by atoms with Crippen LogP contribution >= 0.6 is 11.3 Å². The Labute approximate surface area is 69.8 Å². The van der Waals surface area contributed by atoms with E-state index in [0.29, 0.717) is 6.04 Å². The number of rotatable bonds is 3. The third-order valence-corrected chi connectivity index (χ3v) is 2.74. The van der Waals surface area contributed by atoms with Gasteiger partial charge in [-0.15, -0.1) is 10.2 Å². The van der Waals surface area contributed by atoms with Crippen molar-refractivity contribution in [2.45, 2.75) is 25.8 Å². The number of hydrogen-bond donors (Lipinski definition) is 1. The molecule has 2 atom stereocenters. The Hall–Kier alpha value is -0.640. The maximum atomic E-state index is 3.92. The molecule has 11 heavy (non-hydrogen) atoms. The Morgan fingerprint density at radius 1 is 1.82 bits per heavy atom. The summed E-state index contributed by atoms with van der Waals surface area (Å²) in [5.41, 5.74) is 1.76. The van der Waals surface area contributed by atoms with E-state index >= 15 is 0 Å². The standard InChI is InChI=1S/C7H11N3S/c1-2-5-3-6(5)9-7-10-8-4-11-7/h4-6H,2-3H2,1H3,(H,9,10). The van der Waals surface area contributed by atoms with Crippen LogP contribution in [0, 0.1) is 5.92 Å². The maximum absolute atomic E-state index is 3.92. The number of aromatic nitrogens is 2. The third kappa shape index (κ3) is 1.50. The monoisotopic (exact) mass is 169 g/mol. The molecule has 1 aliphatic rings. The van der Waals surface area contributed by atoms with Crippen molar-refractivity contribution in [3.63, 3.8) is 0 Å². The summed E-state index contributed by atoms with van der Waals surface area (Å²) < 4.78 is 0. The van der Waals surface area contributed by atoms with E-state index in [-0.39, 0.29) is 0 Å². The van der Waals surface area contributed by atoms with E-state index in [4.69, 9.17) is 0 Å². The normalized spacial score (nSPS) is 28.5. The summed E-state index contributed by atoms with van der Waals surface area (Å²) in [4.78, 5) is 0. The minimum absolute atomic E-state index is 0.674. The van der Waals surface area contributed by atoms with Gasteiger partial charge in [-0.2, -0.15) is 0 Å². The van der Waals surface area contributed by atoms with Gasteiger partial charge in [-0.1, -0.05) is 24.7 Å². The topological polar surface area (TPSA) is 37.8 Å². The van der Waals surface area contributed by atoms with Crippen LogP contribution in [0.25, 0.3) is 0 Å². The first-order chi connectivity index (χ1) is 5.40. The molecule has 0 aromatic carbocycles. The largest absolute Gasteiger partial charge is 0.357 e. The molecule has 2 unspecified atom stereocenters. The Morgan fingerprint density at radius 2 is 2.73 bits per heavy atom. The molecular formula is C7H11N3S. The highest BCUT2D eigenvalue weighted by atomic mass is 32.1. The van der Waals surface area contributed by atoms with Gasteiger partial charge in [0.1, 0.15) is 5.51 Å². The summed E-state index contributed by atoms with van der Waals surface area (Å²) in [6.45, 7) is 2.23. The molecule has 3 nitrogen and oxygen atoms in total. The van der Waals surface area contributed by atoms with Crippen molar-refractivity contribution >= 4 is 16.5 Å². The second-order valence-electron chi connectivity index (χ2n) is 2.90. The summed E-state index contributed by atoms with van der Waals surface area (Å²) in [5, 5.41) is 12.0. The van der Waals surface area contributed by atoms with Crippen molar-refractivity contribution in [1.29, 1.82) is 0 Å². The molecule has 1 aromatic rings. The fourth-order valence-corrected chi connectivity index (χ4v) is 1.78. The van der Waals surface area contributed by atoms with Gasteiger partial charge in [0.15, 0.2) is 0 Å². The van der Waals surface area contributed by atoms with Crippen LogP contribution < -0.4 is 5.32 Å². The SMILES string of the molecule is CCC1CC1Nc1nncs1. The molecule has 0 aliphatic heterocycles. The molecule has 1 aliphatic carbocycles. The van der Waals surface area contributed by atoms with Crippen LogP contribution in [0.4, 0.5) is 5.13 Å². The van der Waals surface area contributed by atoms with Crippen LogP contribution in [-0.4, -0.2) is 16.2 Å². The van der Waals surface area contributed by atoms with Gasteiger partial charge in [0.05, 0.1) is 0 Å². The van der Waals surface area contributed by atoms with E-state index in [1.165, 1.54) is 12.8 Å². The minimum atomic E-state index is 0.674. The fourth-order valence-electron chi connectivity index (χ4n) is 1.27. The lowest BCUT2D eigenvalue weighted by Gasteiger charge is -1.97. The molecule has 0 amide bonds. The average Bonchev–Trinajstić information content (AvgIpc) is 2.54. The molecule has 1 N–H and O–H groups in total. The quantitative estimate of drug-likeness (QED) is 0.749. The highest BCUT2D eigenvalue weighted by Crippen LogP contribution is 2.36. The summed E-state index contributed by atoms with van der Waals surface area (Å²) in [6.07, 6.45) is 2.58. The van der Waals surface area contributed by atoms with Crippen LogP contribution in [0.5, 0.6) is 0 Å². The zero-order valence-corrected chi connectivity index (χ0v) is 7.27. The Balaban J connectivity index is 1.85. The first kappa shape index (κ1) is 7.03. The summed E-state index contributed by atoms with van der Waals surface area (Å²) in [5.74, 6) is 0.874. The molecule has 0 radical (unpaired) electrons. The molecule has 60 valence electrons. The Morgan fingerprint density at radius 3 is 3.27 bits per heavy atom. The van der Waals surface area contributed by atoms with Crippen LogP contribution in [-0.2, 0) is 0 Å². The van der Waals surface area contributed by atoms with Crippen molar-refractivity contribution in [3.8, 4) is 0 Å². The lowest BCUT2D eigenvalue weighted by molar-refractivity contribution is 0.773. The van der Waals surface area contributed by atoms with Crippen molar-refractivity contribution < 1.29 is 0 Å². The summed E-state index contributed by atoms with van der Waals surface area (Å²) in [6, 6.07) is 0.674. The molecule has 0 saturated heterocycles. The van der Waals surface area contributed by atoms with Crippen molar-refractivity contribution in [1.82, 2.24) is 10.2 Å². The van der Waals surface area contributed by atoms with Gasteiger partial charge in [0.25, 0.3) is 0 Å². The second-order valence-corrected chi connectivity index (χ2v) is 3.73. The van der Waals surface area contributed by atoms with Crippen molar-refractivity contribution in [2.24, 2.45) is 5.92 Å². The van der Waals surface area contributed by atoms with Crippen LogP contribution in [0.2, 0.25) is 0 Å². The second kappa shape index (κ2) is 2.77. The van der Waals surface area contributed by atoms with Gasteiger partial charge in [-0.25, -0.2) is 0 Å². The van der Waals surface area contributed by atoms with Crippen molar-refractivity contribution in [2.75, 3.05) is 5.32 Å². The molecule has 2 rings (SSSR count). The van der Waals surface area contributed by atoms with Gasteiger partial charge in [0.2, 0.25) is 5.13 Å². The van der Waals surface area contributed by atoms with Crippen LogP contribution in [0.15, 0.2) is 5.51 Å². The van der Waals surface area contributed by atoms with Crippen molar-refractivity contribution in [3.05, 3.63) is 5.51 Å². The van der Waals surface area contributed by atoms with E-state index in [1.807, 2.05) is 0 Å². The molecule has 0 bridgehead atoms. The predicted molar refractivity (Wildman–Crippen MR) is 45.7 cm³/mol. The van der Waals surface area contributed by atoms with Gasteiger partial charge in [-0.05, 0) is 12.3 Å². The molecular weight excluding hydrogens is 158 g/mol. The van der Waals surface area contributed by atoms with Crippen LogP contribution in [0.1, 0.15) is 19.8 Å². The average molecular weight is 169 g/mol. The zero-order valence-electron chi connectivity index (χ0n) is 6.45. The number of nitrogens with one attached hydrogen (secondary N) is 1. The first-order valence-electron chi connectivity index (χ1n) is 3.93. The minimum Gasteiger partial charge on any atom is -0.357 e. The Kier molecular flexibility index (Phi) is 1.77. The van der Waals surface area contributed by atoms with E-state index in [1.54, 1.807) is 16.8 Å². The van der Waals surface area contributed by atoms with E-state index < -0.39 is 0 Å². The molecule has 1 heterocycles. The van der Waals surface area contributed by atoms with E-state index in [9.17, 15) is 0 Å². The maximum Gasteiger partial charge on any atom is 0.205 e. The number of hydrogen-bond acceptors (Lipinski definition) is 4.